The third kappa shape index (κ3) is 5.40. The monoisotopic (exact) mass is 215 g/mol. The average molecular weight is 215 g/mol. The largest absolute Gasteiger partial charge is 0.480 e. The van der Waals surface area contributed by atoms with Gasteiger partial charge in [-0.05, 0) is 11.8 Å². The van der Waals surface area contributed by atoms with Crippen LogP contribution < -0.4 is 5.32 Å². The molecule has 2 N–H and O–H groups in total. The molecule has 0 aliphatic heterocycles. The van der Waals surface area contributed by atoms with Crippen LogP contribution in [-0.4, -0.2) is 23.0 Å². The number of nitrogens with one attached hydrogen (secondary N) is 1. The standard InChI is InChI=1S/C11H21NO3/c1-5-8(4)6-9(13)12-10(7(2)3)11(14)15/h7-8,10H,5-6H2,1-4H3,(H,12,13)(H,14,15)/t8?,10-/m1/s1. The van der Waals surface area contributed by atoms with E-state index in [2.05, 4.69) is 5.32 Å². The number of hydrogen-bond donors (Lipinski definition) is 2. The van der Waals surface area contributed by atoms with Crippen molar-refractivity contribution in [2.75, 3.05) is 0 Å². The number of carboxylic acids is 1. The number of carbonyl (C=O) groups excluding carboxylic acids is 1. The van der Waals surface area contributed by atoms with E-state index in [0.29, 0.717) is 12.3 Å². The highest BCUT2D eigenvalue weighted by atomic mass is 16.4. The van der Waals surface area contributed by atoms with E-state index < -0.39 is 12.0 Å². The highest BCUT2D eigenvalue weighted by molar-refractivity contribution is 5.83. The van der Waals surface area contributed by atoms with Crippen molar-refractivity contribution in [3.63, 3.8) is 0 Å². The van der Waals surface area contributed by atoms with Gasteiger partial charge in [-0.1, -0.05) is 34.1 Å². The number of carboxylic acid groups (broad SMARTS) is 1. The Morgan fingerprint density at radius 2 is 1.80 bits per heavy atom. The van der Waals surface area contributed by atoms with Crippen molar-refractivity contribution in [2.24, 2.45) is 11.8 Å². The van der Waals surface area contributed by atoms with Gasteiger partial charge >= 0.3 is 5.97 Å². The van der Waals surface area contributed by atoms with Gasteiger partial charge in [0.15, 0.2) is 0 Å². The first-order chi connectivity index (χ1) is 6.88. The summed E-state index contributed by atoms with van der Waals surface area (Å²) in [4.78, 5) is 22.3. The zero-order valence-electron chi connectivity index (χ0n) is 9.91. The van der Waals surface area contributed by atoms with E-state index in [4.69, 9.17) is 5.11 Å². The maximum absolute atomic E-state index is 11.5. The zero-order valence-corrected chi connectivity index (χ0v) is 9.91. The summed E-state index contributed by atoms with van der Waals surface area (Å²) >= 11 is 0. The minimum Gasteiger partial charge on any atom is -0.480 e. The van der Waals surface area contributed by atoms with Crippen LogP contribution >= 0.6 is 0 Å². The third-order valence-electron chi connectivity index (χ3n) is 2.48. The van der Waals surface area contributed by atoms with Gasteiger partial charge in [-0.2, -0.15) is 0 Å². The fourth-order valence-corrected chi connectivity index (χ4v) is 1.21. The Labute approximate surface area is 91.1 Å². The molecule has 0 bridgehead atoms. The molecule has 0 aliphatic carbocycles. The van der Waals surface area contributed by atoms with Gasteiger partial charge in [-0.15, -0.1) is 0 Å². The minimum atomic E-state index is -0.970. The van der Waals surface area contributed by atoms with Gasteiger partial charge in [0.25, 0.3) is 0 Å². The Morgan fingerprint density at radius 1 is 1.27 bits per heavy atom. The van der Waals surface area contributed by atoms with Crippen molar-refractivity contribution < 1.29 is 14.7 Å². The van der Waals surface area contributed by atoms with Crippen LogP contribution in [0.15, 0.2) is 0 Å². The molecule has 88 valence electrons. The van der Waals surface area contributed by atoms with E-state index in [0.717, 1.165) is 6.42 Å². The highest BCUT2D eigenvalue weighted by Gasteiger charge is 2.23. The first-order valence-electron chi connectivity index (χ1n) is 5.40. The molecule has 0 saturated carbocycles. The van der Waals surface area contributed by atoms with E-state index in [-0.39, 0.29) is 11.8 Å². The van der Waals surface area contributed by atoms with Crippen LogP contribution in [0.5, 0.6) is 0 Å². The first-order valence-corrected chi connectivity index (χ1v) is 5.40. The zero-order chi connectivity index (χ0) is 12.0. The third-order valence-corrected chi connectivity index (χ3v) is 2.48. The second-order valence-corrected chi connectivity index (χ2v) is 4.34. The average Bonchev–Trinajstić information content (AvgIpc) is 2.12. The summed E-state index contributed by atoms with van der Waals surface area (Å²) in [5, 5.41) is 11.4. The van der Waals surface area contributed by atoms with Crippen LogP contribution in [0.3, 0.4) is 0 Å². The fraction of sp³-hybridized carbons (Fsp3) is 0.818. The highest BCUT2D eigenvalue weighted by Crippen LogP contribution is 2.08. The van der Waals surface area contributed by atoms with E-state index in [1.807, 2.05) is 13.8 Å². The molecule has 4 heteroatoms. The predicted molar refractivity (Wildman–Crippen MR) is 58.5 cm³/mol. The second-order valence-electron chi connectivity index (χ2n) is 4.34. The van der Waals surface area contributed by atoms with E-state index in [1.54, 1.807) is 13.8 Å². The molecule has 0 saturated heterocycles. The van der Waals surface area contributed by atoms with Crippen LogP contribution in [-0.2, 0) is 9.59 Å². The molecule has 0 fully saturated rings. The van der Waals surface area contributed by atoms with Gasteiger partial charge in [-0.3, -0.25) is 4.79 Å². The van der Waals surface area contributed by atoms with Crippen molar-refractivity contribution in [1.82, 2.24) is 5.32 Å². The van der Waals surface area contributed by atoms with Crippen LogP contribution in [0.1, 0.15) is 40.5 Å². The van der Waals surface area contributed by atoms with Gasteiger partial charge in [0.05, 0.1) is 0 Å². The van der Waals surface area contributed by atoms with Gasteiger partial charge in [0, 0.05) is 6.42 Å². The first kappa shape index (κ1) is 13.9. The summed E-state index contributed by atoms with van der Waals surface area (Å²) < 4.78 is 0. The summed E-state index contributed by atoms with van der Waals surface area (Å²) in [5.41, 5.74) is 0. The number of rotatable bonds is 6. The topological polar surface area (TPSA) is 66.4 Å². The summed E-state index contributed by atoms with van der Waals surface area (Å²) in [6.07, 6.45) is 1.32. The smallest absolute Gasteiger partial charge is 0.326 e. The van der Waals surface area contributed by atoms with Gasteiger partial charge in [-0.25, -0.2) is 4.79 Å². The Hall–Kier alpha value is -1.06. The Morgan fingerprint density at radius 3 is 2.13 bits per heavy atom. The van der Waals surface area contributed by atoms with E-state index in [1.165, 1.54) is 0 Å². The Bertz CT molecular complexity index is 226. The molecule has 0 rings (SSSR count). The Kier molecular flexibility index (Phi) is 5.97. The predicted octanol–water partition coefficient (Wildman–Crippen LogP) is 1.65. The van der Waals surface area contributed by atoms with Crippen LogP contribution in [0, 0.1) is 11.8 Å². The van der Waals surface area contributed by atoms with Crippen molar-refractivity contribution in [3.8, 4) is 0 Å². The quantitative estimate of drug-likeness (QED) is 0.708. The molecule has 2 atom stereocenters. The summed E-state index contributed by atoms with van der Waals surface area (Å²) in [6, 6.07) is -0.776. The van der Waals surface area contributed by atoms with E-state index in [9.17, 15) is 9.59 Å². The van der Waals surface area contributed by atoms with Gasteiger partial charge in [0.2, 0.25) is 5.91 Å². The lowest BCUT2D eigenvalue weighted by Gasteiger charge is -2.18. The lowest BCUT2D eigenvalue weighted by Crippen LogP contribution is -2.44. The molecule has 0 aromatic rings. The number of amides is 1. The second kappa shape index (κ2) is 6.43. The van der Waals surface area contributed by atoms with Crippen molar-refractivity contribution in [2.45, 2.75) is 46.6 Å². The lowest BCUT2D eigenvalue weighted by atomic mass is 10.0. The number of hydrogen-bond acceptors (Lipinski definition) is 2. The molecular formula is C11H21NO3. The number of aliphatic carboxylic acids is 1. The van der Waals surface area contributed by atoms with E-state index >= 15 is 0 Å². The van der Waals surface area contributed by atoms with Gasteiger partial charge < -0.3 is 10.4 Å². The molecule has 0 aromatic carbocycles. The Balaban J connectivity index is 4.18. The van der Waals surface area contributed by atoms with Crippen LogP contribution in [0.4, 0.5) is 0 Å². The molecule has 0 spiro atoms. The molecular weight excluding hydrogens is 194 g/mol. The SMILES string of the molecule is CCC(C)CC(=O)N[C@@H](C(=O)O)C(C)C. The van der Waals surface area contributed by atoms with Crippen molar-refractivity contribution >= 4 is 11.9 Å². The molecule has 1 amide bonds. The molecule has 0 aromatic heterocycles. The molecule has 0 radical (unpaired) electrons. The molecule has 1 unspecified atom stereocenters. The molecule has 0 heterocycles. The molecule has 15 heavy (non-hydrogen) atoms. The summed E-state index contributed by atoms with van der Waals surface area (Å²) in [7, 11) is 0. The van der Waals surface area contributed by atoms with Gasteiger partial charge in [0.1, 0.15) is 6.04 Å². The van der Waals surface area contributed by atoms with Crippen LogP contribution in [0.25, 0.3) is 0 Å². The van der Waals surface area contributed by atoms with Crippen molar-refractivity contribution in [1.29, 1.82) is 0 Å². The summed E-state index contributed by atoms with van der Waals surface area (Å²) in [6.45, 7) is 7.55. The maximum atomic E-state index is 11.5. The number of carbonyl (C=O) groups is 2. The fourth-order valence-electron chi connectivity index (χ4n) is 1.21. The molecule has 4 nitrogen and oxygen atoms in total. The van der Waals surface area contributed by atoms with Crippen LogP contribution in [0.2, 0.25) is 0 Å². The maximum Gasteiger partial charge on any atom is 0.326 e. The normalized spacial score (nSPS) is 14.7. The minimum absolute atomic E-state index is 0.0941. The molecule has 0 aliphatic rings. The summed E-state index contributed by atoms with van der Waals surface area (Å²) in [5.74, 6) is -0.942. The van der Waals surface area contributed by atoms with Crippen molar-refractivity contribution in [3.05, 3.63) is 0 Å². The lowest BCUT2D eigenvalue weighted by molar-refractivity contribution is -0.143.